The number of nitrogens with zero attached hydrogens (tertiary/aromatic N) is 4. The molecular formula is C31H30F3N5O2. The first kappa shape index (κ1) is 28.3. The maximum atomic E-state index is 14.1. The number of benzene rings is 2. The van der Waals surface area contributed by atoms with Crippen LogP contribution in [-0.2, 0) is 12.7 Å². The maximum absolute atomic E-state index is 14.1. The number of hydrogen-bond acceptors (Lipinski definition) is 5. The largest absolute Gasteiger partial charge is 0.416 e. The summed E-state index contributed by atoms with van der Waals surface area (Å²) in [6, 6.07) is 16.0. The van der Waals surface area contributed by atoms with Gasteiger partial charge < -0.3 is 14.8 Å². The Morgan fingerprint density at radius 2 is 1.76 bits per heavy atom. The van der Waals surface area contributed by atoms with Gasteiger partial charge in [-0.15, -0.1) is 0 Å². The number of piperazine rings is 1. The molecule has 2 aromatic heterocycles. The van der Waals surface area contributed by atoms with Crippen molar-refractivity contribution >= 4 is 34.8 Å². The molecule has 1 saturated heterocycles. The van der Waals surface area contributed by atoms with Crippen LogP contribution in [0.15, 0.2) is 71.7 Å². The number of rotatable bonds is 6. The van der Waals surface area contributed by atoms with Gasteiger partial charge in [-0.3, -0.25) is 14.5 Å². The number of likely N-dealkylation sites (N-methyl/N-ethyl adjacent to an activating group) is 1. The highest BCUT2D eigenvalue weighted by molar-refractivity contribution is 6.06. The van der Waals surface area contributed by atoms with Gasteiger partial charge in [0.2, 0.25) is 5.56 Å². The van der Waals surface area contributed by atoms with E-state index in [1.807, 2.05) is 36.2 Å². The first-order valence-corrected chi connectivity index (χ1v) is 13.2. The van der Waals surface area contributed by atoms with Crippen molar-refractivity contribution < 1.29 is 18.0 Å². The van der Waals surface area contributed by atoms with Crippen molar-refractivity contribution in [2.75, 3.05) is 45.2 Å². The fraction of sp³-hybridized carbons (Fsp3) is 0.258. The van der Waals surface area contributed by atoms with Gasteiger partial charge in [0.1, 0.15) is 5.65 Å². The first-order valence-electron chi connectivity index (χ1n) is 13.2. The average Bonchev–Trinajstić information content (AvgIpc) is 2.96. The highest BCUT2D eigenvalue weighted by Gasteiger charge is 2.34. The molecule has 3 heterocycles. The van der Waals surface area contributed by atoms with Crippen LogP contribution < -0.4 is 10.5 Å². The Morgan fingerprint density at radius 3 is 2.51 bits per heavy atom. The minimum Gasteiger partial charge on any atom is -0.311 e. The SMILES string of the molecule is CN1CCN(Cc2ccc(N(C)C(=O)c3cccc(/C=C/c4cnc5[nH]c(=O)ccc5c4)c3)cc2C(F)(F)F)CC1. The van der Waals surface area contributed by atoms with Crippen LogP contribution in [0.2, 0.25) is 0 Å². The second-order valence-electron chi connectivity index (χ2n) is 10.3. The molecule has 1 fully saturated rings. The molecule has 0 radical (unpaired) electrons. The summed E-state index contributed by atoms with van der Waals surface area (Å²) in [5.74, 6) is -0.420. The Balaban J connectivity index is 1.34. The summed E-state index contributed by atoms with van der Waals surface area (Å²) >= 11 is 0. The van der Waals surface area contributed by atoms with Gasteiger partial charge in [-0.05, 0) is 60.1 Å². The lowest BCUT2D eigenvalue weighted by atomic mass is 10.0. The lowest BCUT2D eigenvalue weighted by Crippen LogP contribution is -2.44. The van der Waals surface area contributed by atoms with E-state index in [1.165, 1.54) is 24.1 Å². The van der Waals surface area contributed by atoms with E-state index in [1.54, 1.807) is 36.5 Å². The number of aromatic amines is 1. The number of carbonyl (C=O) groups is 1. The third kappa shape index (κ3) is 6.72. The molecule has 1 aliphatic rings. The van der Waals surface area contributed by atoms with Gasteiger partial charge in [-0.25, -0.2) is 4.98 Å². The quantitative estimate of drug-likeness (QED) is 0.353. The van der Waals surface area contributed by atoms with Crippen LogP contribution in [0.3, 0.4) is 0 Å². The van der Waals surface area contributed by atoms with Crippen molar-refractivity contribution in [1.82, 2.24) is 19.8 Å². The van der Waals surface area contributed by atoms with Gasteiger partial charge in [0.15, 0.2) is 0 Å². The zero-order chi connectivity index (χ0) is 29.1. The van der Waals surface area contributed by atoms with Crippen LogP contribution in [0.25, 0.3) is 23.2 Å². The Morgan fingerprint density at radius 1 is 1.00 bits per heavy atom. The standard InChI is InChI=1S/C31H30F3N5O2/c1-37-12-14-39(15-13-37)20-25-8-10-26(18-27(25)31(32,33)34)38(2)30(41)24-5-3-4-21(16-24)6-7-22-17-23-9-11-28(40)36-29(23)35-19-22/h3-11,16-19H,12-15,20H2,1-2H3,(H,35,36,40)/b7-6+. The maximum Gasteiger partial charge on any atom is 0.416 e. The molecule has 1 N–H and O–H groups in total. The number of amides is 1. The van der Waals surface area contributed by atoms with Crippen LogP contribution in [-0.4, -0.2) is 65.9 Å². The average molecular weight is 562 g/mol. The van der Waals surface area contributed by atoms with Crippen LogP contribution in [0, 0.1) is 0 Å². The number of halogens is 3. The van der Waals surface area contributed by atoms with Gasteiger partial charge in [0, 0.05) is 68.7 Å². The predicted octanol–water partition coefficient (Wildman–Crippen LogP) is 5.14. The first-order chi connectivity index (χ1) is 19.6. The monoisotopic (exact) mass is 561 g/mol. The van der Waals surface area contributed by atoms with Gasteiger partial charge in [0.05, 0.1) is 5.56 Å². The van der Waals surface area contributed by atoms with E-state index in [9.17, 15) is 22.8 Å². The second-order valence-corrected chi connectivity index (χ2v) is 10.3. The van der Waals surface area contributed by atoms with E-state index in [0.717, 1.165) is 35.7 Å². The van der Waals surface area contributed by atoms with E-state index in [-0.39, 0.29) is 23.4 Å². The molecule has 2 aromatic carbocycles. The van der Waals surface area contributed by atoms with E-state index < -0.39 is 17.6 Å². The summed E-state index contributed by atoms with van der Waals surface area (Å²) in [7, 11) is 3.48. The lowest BCUT2D eigenvalue weighted by Gasteiger charge is -2.33. The topological polar surface area (TPSA) is 72.5 Å². The molecule has 0 aliphatic carbocycles. The number of anilines is 1. The Hall–Kier alpha value is -4.28. The van der Waals surface area contributed by atoms with Crippen molar-refractivity contribution in [2.24, 2.45) is 0 Å². The van der Waals surface area contributed by atoms with Crippen molar-refractivity contribution in [3.8, 4) is 0 Å². The molecule has 1 aliphatic heterocycles. The van der Waals surface area contributed by atoms with Gasteiger partial charge in [0.25, 0.3) is 5.91 Å². The third-order valence-corrected chi connectivity index (χ3v) is 7.28. The zero-order valence-corrected chi connectivity index (χ0v) is 22.8. The second kappa shape index (κ2) is 11.7. The zero-order valence-electron chi connectivity index (χ0n) is 22.8. The molecule has 4 aromatic rings. The Labute approximate surface area is 235 Å². The van der Waals surface area contributed by atoms with E-state index in [0.29, 0.717) is 24.3 Å². The van der Waals surface area contributed by atoms with Crippen LogP contribution >= 0.6 is 0 Å². The van der Waals surface area contributed by atoms with Crippen LogP contribution in [0.4, 0.5) is 18.9 Å². The molecular weight excluding hydrogens is 531 g/mol. The Kier molecular flexibility index (Phi) is 8.05. The number of H-pyrrole nitrogens is 1. The summed E-state index contributed by atoms with van der Waals surface area (Å²) in [6.07, 6.45) is 0.738. The van der Waals surface area contributed by atoms with Crippen molar-refractivity contribution in [2.45, 2.75) is 12.7 Å². The fourth-order valence-corrected chi connectivity index (χ4v) is 4.85. The highest BCUT2D eigenvalue weighted by atomic mass is 19.4. The summed E-state index contributed by atoms with van der Waals surface area (Å²) < 4.78 is 42.2. The lowest BCUT2D eigenvalue weighted by molar-refractivity contribution is -0.138. The number of nitrogens with one attached hydrogen (secondary N) is 1. The Bertz CT molecular complexity index is 1660. The normalized spacial score (nSPS) is 15.0. The molecule has 0 spiro atoms. The molecule has 41 heavy (non-hydrogen) atoms. The number of pyridine rings is 2. The molecule has 0 unspecified atom stereocenters. The molecule has 212 valence electrons. The number of alkyl halides is 3. The summed E-state index contributed by atoms with van der Waals surface area (Å²) in [6.45, 7) is 3.24. The van der Waals surface area contributed by atoms with Gasteiger partial charge in [-0.2, -0.15) is 13.2 Å². The summed E-state index contributed by atoms with van der Waals surface area (Å²) in [5.41, 5.74) is 1.80. The van der Waals surface area contributed by atoms with Crippen molar-refractivity contribution in [1.29, 1.82) is 0 Å². The molecule has 0 saturated carbocycles. The molecule has 1 amide bonds. The van der Waals surface area contributed by atoms with Crippen LogP contribution in [0.5, 0.6) is 0 Å². The predicted molar refractivity (Wildman–Crippen MR) is 155 cm³/mol. The molecule has 0 bridgehead atoms. The molecule has 5 rings (SSSR count). The molecule has 10 heteroatoms. The number of hydrogen-bond donors (Lipinski definition) is 1. The minimum atomic E-state index is -4.54. The van der Waals surface area contributed by atoms with Gasteiger partial charge in [-0.1, -0.05) is 30.4 Å². The van der Waals surface area contributed by atoms with Crippen molar-refractivity contribution in [3.63, 3.8) is 0 Å². The van der Waals surface area contributed by atoms with Crippen molar-refractivity contribution in [3.05, 3.63) is 105 Å². The van der Waals surface area contributed by atoms with E-state index in [2.05, 4.69) is 14.9 Å². The van der Waals surface area contributed by atoms with Gasteiger partial charge >= 0.3 is 6.18 Å². The fourth-order valence-electron chi connectivity index (χ4n) is 4.85. The number of aromatic nitrogens is 2. The number of carbonyl (C=O) groups excluding carboxylic acids is 1. The molecule has 7 nitrogen and oxygen atoms in total. The van der Waals surface area contributed by atoms with E-state index in [4.69, 9.17) is 0 Å². The van der Waals surface area contributed by atoms with E-state index >= 15 is 0 Å². The third-order valence-electron chi connectivity index (χ3n) is 7.28. The highest BCUT2D eigenvalue weighted by Crippen LogP contribution is 2.35. The number of fused-ring (bicyclic) bond motifs is 1. The summed E-state index contributed by atoms with van der Waals surface area (Å²) in [4.78, 5) is 37.1. The smallest absolute Gasteiger partial charge is 0.311 e. The summed E-state index contributed by atoms with van der Waals surface area (Å²) in [5, 5.41) is 0.782. The van der Waals surface area contributed by atoms with Crippen LogP contribution in [0.1, 0.15) is 32.6 Å². The molecule has 0 atom stereocenters. The minimum absolute atomic E-state index is 0.172.